The van der Waals surface area contributed by atoms with Crippen molar-refractivity contribution in [1.82, 2.24) is 39.6 Å². The maximum absolute atomic E-state index is 13.6. The zero-order valence-corrected chi connectivity index (χ0v) is 32.3. The molecule has 14 nitrogen and oxygen atoms in total. The van der Waals surface area contributed by atoms with Gasteiger partial charge in [-0.15, -0.1) is 0 Å². The van der Waals surface area contributed by atoms with Crippen LogP contribution in [0.1, 0.15) is 65.4 Å². The smallest absolute Gasteiger partial charge is 0.328 e. The van der Waals surface area contributed by atoms with Crippen molar-refractivity contribution < 1.29 is 23.6 Å². The number of amides is 5. The number of hydrogen-bond donors (Lipinski definition) is 3. The quantitative estimate of drug-likeness (QED) is 0.177. The lowest BCUT2D eigenvalue weighted by molar-refractivity contribution is -0.120. The van der Waals surface area contributed by atoms with E-state index in [9.17, 15) is 23.6 Å². The molecule has 296 valence electrons. The molecule has 2 aromatic carbocycles. The molecule has 3 aliphatic heterocycles. The summed E-state index contributed by atoms with van der Waals surface area (Å²) in [5.74, 6) is -0.325. The number of carbonyl (C=O) groups is 4. The van der Waals surface area contributed by atoms with Gasteiger partial charge in [0, 0.05) is 93.4 Å². The number of aromatic nitrogens is 4. The van der Waals surface area contributed by atoms with E-state index in [1.165, 1.54) is 11.1 Å². The van der Waals surface area contributed by atoms with Gasteiger partial charge < -0.3 is 25.0 Å². The third-order valence-electron chi connectivity index (χ3n) is 11.9. The second-order valence-corrected chi connectivity index (χ2v) is 16.0. The number of anilines is 2. The van der Waals surface area contributed by atoms with Crippen molar-refractivity contribution in [1.29, 1.82) is 0 Å². The van der Waals surface area contributed by atoms with Gasteiger partial charge in [0.15, 0.2) is 11.3 Å². The molecular formula is C41H44ClFN10O4. The van der Waals surface area contributed by atoms with Gasteiger partial charge in [-0.25, -0.2) is 18.7 Å². The molecule has 5 aromatic rings. The molecule has 4 fully saturated rings. The van der Waals surface area contributed by atoms with Gasteiger partial charge >= 0.3 is 6.03 Å². The van der Waals surface area contributed by atoms with E-state index >= 15 is 0 Å². The van der Waals surface area contributed by atoms with Gasteiger partial charge in [0.05, 0.1) is 34.3 Å². The summed E-state index contributed by atoms with van der Waals surface area (Å²) in [6, 6.07) is 14.6. The zero-order chi connectivity index (χ0) is 39.4. The number of benzene rings is 2. The molecule has 3 N–H and O–H groups in total. The van der Waals surface area contributed by atoms with E-state index in [2.05, 4.69) is 54.8 Å². The molecule has 3 aromatic heterocycles. The van der Waals surface area contributed by atoms with Crippen LogP contribution in [-0.4, -0.2) is 111 Å². The van der Waals surface area contributed by atoms with Crippen LogP contribution in [0.4, 0.5) is 20.6 Å². The van der Waals surface area contributed by atoms with E-state index in [1.807, 2.05) is 24.1 Å². The Bertz CT molecular complexity index is 2400. The zero-order valence-electron chi connectivity index (χ0n) is 31.6. The largest absolute Gasteiger partial charge is 0.385 e. The maximum Gasteiger partial charge on any atom is 0.328 e. The van der Waals surface area contributed by atoms with Crippen molar-refractivity contribution in [3.05, 3.63) is 77.2 Å². The first-order chi connectivity index (χ1) is 27.6. The van der Waals surface area contributed by atoms with Crippen LogP contribution in [-0.2, 0) is 4.79 Å². The van der Waals surface area contributed by atoms with Crippen LogP contribution in [0.3, 0.4) is 0 Å². The number of carbonyl (C=O) groups excluding carboxylic acids is 4. The fraction of sp³-hybridized carbons (Fsp3) is 0.415. The molecule has 0 radical (unpaired) electrons. The van der Waals surface area contributed by atoms with Crippen molar-refractivity contribution >= 4 is 63.3 Å². The first kappa shape index (κ1) is 37.1. The lowest BCUT2D eigenvalue weighted by Gasteiger charge is -2.38. The van der Waals surface area contributed by atoms with Crippen molar-refractivity contribution in [2.45, 2.75) is 56.8 Å². The molecule has 0 bridgehead atoms. The first-order valence-corrected chi connectivity index (χ1v) is 20.1. The highest BCUT2D eigenvalue weighted by atomic mass is 35.5. The Balaban J connectivity index is 0.842. The van der Waals surface area contributed by atoms with E-state index < -0.39 is 24.2 Å². The van der Waals surface area contributed by atoms with Crippen LogP contribution < -0.4 is 20.9 Å². The molecule has 57 heavy (non-hydrogen) atoms. The number of halogens is 2. The molecule has 9 rings (SSSR count). The van der Waals surface area contributed by atoms with Crippen LogP contribution in [0, 0.1) is 5.92 Å². The second-order valence-electron chi connectivity index (χ2n) is 15.6. The Kier molecular flexibility index (Phi) is 9.81. The van der Waals surface area contributed by atoms with Gasteiger partial charge in [0.25, 0.3) is 11.8 Å². The summed E-state index contributed by atoms with van der Waals surface area (Å²) in [7, 11) is 1.81. The predicted molar refractivity (Wildman–Crippen MR) is 215 cm³/mol. The number of para-hydroxylation sites is 1. The molecule has 4 aliphatic rings. The molecule has 0 unspecified atom stereocenters. The van der Waals surface area contributed by atoms with Crippen molar-refractivity contribution in [3.8, 4) is 11.3 Å². The Morgan fingerprint density at radius 3 is 2.51 bits per heavy atom. The molecule has 2 atom stereocenters. The Morgan fingerprint density at radius 2 is 1.77 bits per heavy atom. The highest BCUT2D eigenvalue weighted by molar-refractivity contribution is 6.34. The number of nitrogens with one attached hydrogen (secondary N) is 3. The number of imidazole rings is 1. The van der Waals surface area contributed by atoms with Crippen molar-refractivity contribution in [2.75, 3.05) is 56.5 Å². The van der Waals surface area contributed by atoms with E-state index in [4.69, 9.17) is 16.7 Å². The van der Waals surface area contributed by atoms with Crippen molar-refractivity contribution in [3.63, 3.8) is 0 Å². The van der Waals surface area contributed by atoms with Gasteiger partial charge in [-0.05, 0) is 61.9 Å². The van der Waals surface area contributed by atoms with Gasteiger partial charge in [0.2, 0.25) is 5.91 Å². The van der Waals surface area contributed by atoms with Crippen LogP contribution >= 0.6 is 11.6 Å². The number of piperidine rings is 2. The average molecular weight is 795 g/mol. The van der Waals surface area contributed by atoms with Crippen molar-refractivity contribution in [2.24, 2.45) is 5.92 Å². The lowest BCUT2D eigenvalue weighted by Crippen LogP contribution is -2.49. The minimum absolute atomic E-state index is 0.0860. The van der Waals surface area contributed by atoms with Gasteiger partial charge in [0.1, 0.15) is 6.17 Å². The van der Waals surface area contributed by atoms with Gasteiger partial charge in [-0.2, -0.15) is 5.10 Å². The monoisotopic (exact) mass is 794 g/mol. The summed E-state index contributed by atoms with van der Waals surface area (Å²) in [5.41, 5.74) is 5.20. The number of likely N-dealkylation sites (tertiary alicyclic amines) is 2. The molecule has 5 amide bonds. The Labute approximate surface area is 333 Å². The predicted octanol–water partition coefficient (Wildman–Crippen LogP) is 5.52. The summed E-state index contributed by atoms with van der Waals surface area (Å²) in [4.78, 5) is 61.0. The summed E-state index contributed by atoms with van der Waals surface area (Å²) in [6.07, 6.45) is 6.98. The third kappa shape index (κ3) is 7.18. The number of urea groups is 1. The summed E-state index contributed by atoms with van der Waals surface area (Å²) in [6.45, 7) is 4.46. The summed E-state index contributed by atoms with van der Waals surface area (Å²) >= 11 is 6.42. The molecular weight excluding hydrogens is 751 g/mol. The number of fused-ring (bicyclic) bond motifs is 2. The SMILES string of the molecule is CNc1cc(-c2cn(C3CCN(CC4CCN(C(=O)c5ccc(Cl)c(N6CCC(=O)NC6=O)c5)CC4)CC3)c3ccccc23)nn2c(C(=O)N[C@@H]3C[C@@H]3F)cnc12. The number of nitrogens with zero attached hydrogens (tertiary/aromatic N) is 7. The number of alkyl halides is 1. The van der Waals surface area contributed by atoms with Crippen LogP contribution in [0.5, 0.6) is 0 Å². The molecule has 1 aliphatic carbocycles. The minimum atomic E-state index is -1.01. The number of imide groups is 1. The molecule has 3 saturated heterocycles. The number of hydrogen-bond acceptors (Lipinski definition) is 8. The Morgan fingerprint density at radius 1 is 1.00 bits per heavy atom. The van der Waals surface area contributed by atoms with E-state index in [1.54, 1.807) is 22.7 Å². The topological polar surface area (TPSA) is 149 Å². The normalized spacial score (nSPS) is 21.0. The molecule has 16 heteroatoms. The Hall–Kier alpha value is -5.54. The second kappa shape index (κ2) is 15.1. The highest BCUT2D eigenvalue weighted by Crippen LogP contribution is 2.37. The minimum Gasteiger partial charge on any atom is -0.385 e. The summed E-state index contributed by atoms with van der Waals surface area (Å²) < 4.78 is 17.5. The van der Waals surface area contributed by atoms with Crippen LogP contribution in [0.15, 0.2) is 60.9 Å². The van der Waals surface area contributed by atoms with E-state index in [0.717, 1.165) is 67.5 Å². The molecule has 0 spiro atoms. The van der Waals surface area contributed by atoms with Crippen LogP contribution in [0.2, 0.25) is 5.02 Å². The van der Waals surface area contributed by atoms with Gasteiger partial charge in [-0.1, -0.05) is 29.8 Å². The fourth-order valence-corrected chi connectivity index (χ4v) is 8.82. The van der Waals surface area contributed by atoms with E-state index in [-0.39, 0.29) is 30.5 Å². The molecule has 1 saturated carbocycles. The summed E-state index contributed by atoms with van der Waals surface area (Å²) in [5, 5.41) is 14.6. The third-order valence-corrected chi connectivity index (χ3v) is 12.2. The van der Waals surface area contributed by atoms with Crippen LogP contribution in [0.25, 0.3) is 27.8 Å². The average Bonchev–Trinajstić information content (AvgIpc) is 3.55. The highest BCUT2D eigenvalue weighted by Gasteiger charge is 2.39. The number of rotatable bonds is 9. The lowest BCUT2D eigenvalue weighted by atomic mass is 9.94. The maximum atomic E-state index is 13.6. The van der Waals surface area contributed by atoms with Gasteiger partial charge in [-0.3, -0.25) is 24.6 Å². The standard InChI is InChI=1S/C41H44ClFN10O4/c1-44-33-20-31(48-53-36(21-45-38(33)53)39(55)46-32-19-30(32)43)28-23-52(34-5-3-2-4-27(28)34)26-10-13-49(14-11-26)22-24-8-15-50(16-9-24)40(56)25-6-7-29(42)35(18-25)51-17-12-37(54)47-41(51)57/h2-7,18,20-21,23-24,26,30,32,44H,8-17,19,22H2,1H3,(H,46,55)(H,47,54,57)/t30-,32+/m0/s1. The van der Waals surface area contributed by atoms with E-state index in [0.29, 0.717) is 59.1 Å². The fourth-order valence-electron chi connectivity index (χ4n) is 8.60. The first-order valence-electron chi connectivity index (χ1n) is 19.7. The molecule has 6 heterocycles.